The molecule has 0 unspecified atom stereocenters. The predicted molar refractivity (Wildman–Crippen MR) is 129 cm³/mol. The molecule has 0 saturated carbocycles. The van der Waals surface area contributed by atoms with Crippen LogP contribution in [0.4, 0.5) is 0 Å². The fraction of sp³-hybridized carbons (Fsp3) is 0.500. The fourth-order valence-electron chi connectivity index (χ4n) is 1.59. The zero-order chi connectivity index (χ0) is 23.0. The molecule has 2 aromatic rings. The van der Waals surface area contributed by atoms with Crippen molar-refractivity contribution >= 4 is 0 Å². The highest BCUT2D eigenvalue weighted by Crippen LogP contribution is 1.94. The zero-order valence-corrected chi connectivity index (χ0v) is 19.8. The lowest BCUT2D eigenvalue weighted by Crippen LogP contribution is -2.12. The van der Waals surface area contributed by atoms with E-state index < -0.39 is 0 Å². The molecule has 0 fully saturated rings. The van der Waals surface area contributed by atoms with Gasteiger partial charge in [-0.05, 0) is 31.6 Å². The summed E-state index contributed by atoms with van der Waals surface area (Å²) in [6, 6.07) is 0. The Kier molecular flexibility index (Phi) is 22.4. The number of allylic oxidation sites excluding steroid dienone is 1. The van der Waals surface area contributed by atoms with Crippen LogP contribution >= 0.6 is 0 Å². The molecule has 0 spiro atoms. The minimum Gasteiger partial charge on any atom is -0.386 e. The summed E-state index contributed by atoms with van der Waals surface area (Å²) in [5.74, 6) is 1.67. The first kappa shape index (κ1) is 29.6. The van der Waals surface area contributed by atoms with Gasteiger partial charge in [-0.15, -0.1) is 6.58 Å². The maximum Gasteiger partial charge on any atom is 0.0777 e. The molecule has 6 heteroatoms. The van der Waals surface area contributed by atoms with E-state index in [1.165, 1.54) is 6.42 Å². The van der Waals surface area contributed by atoms with Gasteiger partial charge in [0.15, 0.2) is 0 Å². The topological polar surface area (TPSA) is 75.6 Å². The molecule has 0 amide bonds. The van der Waals surface area contributed by atoms with Crippen LogP contribution in [0.2, 0.25) is 0 Å². The summed E-state index contributed by atoms with van der Waals surface area (Å²) in [5, 5.41) is 5.99. The lowest BCUT2D eigenvalue weighted by molar-refractivity contribution is 0.595. The van der Waals surface area contributed by atoms with Gasteiger partial charge in [-0.25, -0.2) is 0 Å². The van der Waals surface area contributed by atoms with Crippen LogP contribution in [-0.2, 0) is 13.0 Å². The highest BCUT2D eigenvalue weighted by atomic mass is 14.9. The third kappa shape index (κ3) is 23.4. The van der Waals surface area contributed by atoms with Crippen molar-refractivity contribution in [2.24, 2.45) is 11.8 Å². The highest BCUT2D eigenvalue weighted by molar-refractivity contribution is 4.99. The monoisotopic (exact) mass is 414 g/mol. The Balaban J connectivity index is 0. The third-order valence-corrected chi connectivity index (χ3v) is 3.44. The Morgan fingerprint density at radius 3 is 1.73 bits per heavy atom. The largest absolute Gasteiger partial charge is 0.386 e. The van der Waals surface area contributed by atoms with Crippen molar-refractivity contribution in [2.45, 2.75) is 54.0 Å². The molecular formula is C24H42N6. The first-order valence-corrected chi connectivity index (χ1v) is 10.5. The molecule has 2 heterocycles. The summed E-state index contributed by atoms with van der Waals surface area (Å²) in [6.45, 7) is 19.9. The Bertz CT molecular complexity index is 600. The van der Waals surface area contributed by atoms with Gasteiger partial charge in [-0.1, -0.05) is 53.7 Å². The van der Waals surface area contributed by atoms with Crippen LogP contribution in [-0.4, -0.2) is 33.5 Å². The summed E-state index contributed by atoms with van der Waals surface area (Å²) >= 11 is 0. The van der Waals surface area contributed by atoms with Crippen molar-refractivity contribution < 1.29 is 0 Å². The van der Waals surface area contributed by atoms with Crippen molar-refractivity contribution in [3.63, 3.8) is 0 Å². The van der Waals surface area contributed by atoms with Gasteiger partial charge >= 0.3 is 0 Å². The summed E-state index contributed by atoms with van der Waals surface area (Å²) < 4.78 is 0. The van der Waals surface area contributed by atoms with Crippen LogP contribution in [0, 0.1) is 11.8 Å². The second kappa shape index (κ2) is 22.7. The molecule has 0 radical (unpaired) electrons. The number of nitrogens with one attached hydrogen (secondary N) is 2. The lowest BCUT2D eigenvalue weighted by Gasteiger charge is -1.98. The van der Waals surface area contributed by atoms with E-state index >= 15 is 0 Å². The van der Waals surface area contributed by atoms with Crippen molar-refractivity contribution in [2.75, 3.05) is 13.6 Å². The summed E-state index contributed by atoms with van der Waals surface area (Å²) in [5.41, 5.74) is 1.88. The Labute approximate surface area is 184 Å². The van der Waals surface area contributed by atoms with Crippen LogP contribution in [0.5, 0.6) is 0 Å². The van der Waals surface area contributed by atoms with Gasteiger partial charge in [0.25, 0.3) is 0 Å². The van der Waals surface area contributed by atoms with Gasteiger partial charge in [0, 0.05) is 37.4 Å². The van der Waals surface area contributed by atoms with Crippen molar-refractivity contribution in [3.8, 4) is 0 Å². The van der Waals surface area contributed by atoms with Crippen molar-refractivity contribution in [1.29, 1.82) is 0 Å². The van der Waals surface area contributed by atoms with Crippen molar-refractivity contribution in [3.05, 3.63) is 74.0 Å². The van der Waals surface area contributed by atoms with E-state index in [4.69, 9.17) is 0 Å². The second-order valence-corrected chi connectivity index (χ2v) is 7.22. The van der Waals surface area contributed by atoms with Crippen LogP contribution in [0.1, 0.15) is 52.4 Å². The van der Waals surface area contributed by atoms with Gasteiger partial charge < -0.3 is 10.6 Å². The molecule has 2 rings (SSSR count). The van der Waals surface area contributed by atoms with Gasteiger partial charge in [-0.2, -0.15) is 0 Å². The van der Waals surface area contributed by atoms with Crippen LogP contribution in [0.25, 0.3) is 0 Å². The minimum absolute atomic E-state index is 0.692. The average Bonchev–Trinajstić information content (AvgIpc) is 2.75. The van der Waals surface area contributed by atoms with E-state index in [0.717, 1.165) is 36.2 Å². The van der Waals surface area contributed by atoms with E-state index in [0.29, 0.717) is 6.54 Å². The summed E-state index contributed by atoms with van der Waals surface area (Å²) in [7, 11) is 1.97. The standard InChI is InChI=1S/C7H9N3.C7H8N2.C5H13N.C5H12/c1-2-8-5-7-6-9-3-4-10-7;1-2-3-7-6-8-4-5-9-7;1-5(2)4-6-3;1-4-5(2)3/h2-4,6,8H,1,5H2;2,4-6H,1,3H2;5-6H,4H2,1-3H3;5H,4H2,1-3H3. The summed E-state index contributed by atoms with van der Waals surface area (Å²) in [6.07, 6.45) is 15.7. The molecule has 0 bridgehead atoms. The van der Waals surface area contributed by atoms with E-state index in [2.05, 4.69) is 78.3 Å². The van der Waals surface area contributed by atoms with E-state index in [1.54, 1.807) is 43.4 Å². The first-order valence-electron chi connectivity index (χ1n) is 10.5. The zero-order valence-electron chi connectivity index (χ0n) is 19.8. The van der Waals surface area contributed by atoms with E-state index in [-0.39, 0.29) is 0 Å². The first-order chi connectivity index (χ1) is 14.4. The normalized spacial score (nSPS) is 9.20. The Morgan fingerprint density at radius 2 is 1.43 bits per heavy atom. The number of nitrogens with zero attached hydrogens (tertiary/aromatic N) is 4. The Morgan fingerprint density at radius 1 is 0.900 bits per heavy atom. The number of rotatable bonds is 8. The molecule has 0 saturated heterocycles. The molecule has 0 aliphatic rings. The SMILES string of the molecule is C=CCc1cnccn1.C=CNCc1cnccn1.CCC(C)C.CNCC(C)C. The van der Waals surface area contributed by atoms with Gasteiger partial charge in [-0.3, -0.25) is 19.9 Å². The maximum atomic E-state index is 4.04. The van der Waals surface area contributed by atoms with Crippen LogP contribution in [0.3, 0.4) is 0 Å². The van der Waals surface area contributed by atoms with Crippen LogP contribution < -0.4 is 10.6 Å². The van der Waals surface area contributed by atoms with Crippen molar-refractivity contribution in [1.82, 2.24) is 30.6 Å². The number of hydrogen-bond acceptors (Lipinski definition) is 6. The predicted octanol–water partition coefficient (Wildman–Crippen LogP) is 4.83. The molecule has 0 aliphatic carbocycles. The quantitative estimate of drug-likeness (QED) is 0.603. The molecule has 6 nitrogen and oxygen atoms in total. The molecule has 2 aromatic heterocycles. The van der Waals surface area contributed by atoms with Gasteiger partial charge in [0.2, 0.25) is 0 Å². The third-order valence-electron chi connectivity index (χ3n) is 3.44. The van der Waals surface area contributed by atoms with E-state index in [1.807, 2.05) is 13.1 Å². The molecule has 2 N–H and O–H groups in total. The Hall–Kier alpha value is -2.60. The number of hydrogen-bond donors (Lipinski definition) is 2. The maximum absolute atomic E-state index is 4.04. The minimum atomic E-state index is 0.692. The summed E-state index contributed by atoms with van der Waals surface area (Å²) in [4.78, 5) is 15.9. The molecule has 0 atom stereocenters. The van der Waals surface area contributed by atoms with Crippen LogP contribution in [0.15, 0.2) is 62.6 Å². The van der Waals surface area contributed by atoms with E-state index in [9.17, 15) is 0 Å². The smallest absolute Gasteiger partial charge is 0.0777 e. The average molecular weight is 415 g/mol. The fourth-order valence-corrected chi connectivity index (χ4v) is 1.59. The second-order valence-electron chi connectivity index (χ2n) is 7.22. The molecule has 0 aliphatic heterocycles. The molecule has 30 heavy (non-hydrogen) atoms. The molecule has 168 valence electrons. The lowest BCUT2D eigenvalue weighted by atomic mass is 10.2. The van der Waals surface area contributed by atoms with Gasteiger partial charge in [0.05, 0.1) is 24.1 Å². The molecular weight excluding hydrogens is 372 g/mol. The van der Waals surface area contributed by atoms with Gasteiger partial charge in [0.1, 0.15) is 0 Å². The highest BCUT2D eigenvalue weighted by Gasteiger charge is 1.87. The molecule has 0 aromatic carbocycles. The number of aromatic nitrogens is 4.